The monoisotopic (exact) mass is 149 g/mol. The van der Waals surface area contributed by atoms with E-state index >= 15 is 0 Å². The van der Waals surface area contributed by atoms with Crippen molar-refractivity contribution in [3.63, 3.8) is 0 Å². The Labute approximate surface area is 68.2 Å². The van der Waals surface area contributed by atoms with Gasteiger partial charge in [-0.2, -0.15) is 0 Å². The fourth-order valence-corrected chi connectivity index (χ4v) is 1.27. The molecule has 0 aliphatic heterocycles. The molecule has 1 heteroatoms. The van der Waals surface area contributed by atoms with E-state index in [-0.39, 0.29) is 0 Å². The van der Waals surface area contributed by atoms with Crippen LogP contribution in [0.1, 0.15) is 23.6 Å². The van der Waals surface area contributed by atoms with Crippen molar-refractivity contribution in [3.05, 3.63) is 28.8 Å². The van der Waals surface area contributed by atoms with Crippen molar-refractivity contribution >= 4 is 5.69 Å². The van der Waals surface area contributed by atoms with E-state index in [0.29, 0.717) is 0 Å². The van der Waals surface area contributed by atoms with E-state index in [1.807, 2.05) is 0 Å². The minimum Gasteiger partial charge on any atom is -0.398 e. The molecule has 0 aliphatic rings. The second-order valence-corrected chi connectivity index (χ2v) is 3.00. The Morgan fingerprint density at radius 3 is 2.00 bits per heavy atom. The van der Waals surface area contributed by atoms with E-state index in [1.54, 1.807) is 0 Å². The van der Waals surface area contributed by atoms with Crippen LogP contribution in [-0.2, 0) is 6.42 Å². The average molecular weight is 149 g/mol. The predicted molar refractivity (Wildman–Crippen MR) is 49.7 cm³/mol. The third kappa shape index (κ3) is 1.53. The lowest BCUT2D eigenvalue weighted by atomic mass is 10.0. The first kappa shape index (κ1) is 8.12. The minimum absolute atomic E-state index is 0.933. The molecule has 0 amide bonds. The van der Waals surface area contributed by atoms with Gasteiger partial charge in [0.15, 0.2) is 0 Å². The van der Waals surface area contributed by atoms with Crippen LogP contribution in [0.2, 0.25) is 0 Å². The second-order valence-electron chi connectivity index (χ2n) is 3.00. The smallest absolute Gasteiger partial charge is 0.0373 e. The van der Waals surface area contributed by atoms with Crippen molar-refractivity contribution in [1.82, 2.24) is 0 Å². The summed E-state index contributed by atoms with van der Waals surface area (Å²) in [6, 6.07) is 4.31. The van der Waals surface area contributed by atoms with Crippen LogP contribution in [0.3, 0.4) is 0 Å². The molecule has 0 fully saturated rings. The number of nitrogens with two attached hydrogens (primary N) is 1. The lowest BCUT2D eigenvalue weighted by Crippen LogP contribution is -1.95. The number of anilines is 1. The van der Waals surface area contributed by atoms with Crippen molar-refractivity contribution in [3.8, 4) is 0 Å². The van der Waals surface area contributed by atoms with Gasteiger partial charge < -0.3 is 5.73 Å². The zero-order chi connectivity index (χ0) is 8.43. The summed E-state index contributed by atoms with van der Waals surface area (Å²) in [5.74, 6) is 0. The molecule has 1 rings (SSSR count). The Hall–Kier alpha value is -0.980. The topological polar surface area (TPSA) is 26.0 Å². The van der Waals surface area contributed by atoms with Crippen LogP contribution in [0.4, 0.5) is 5.69 Å². The predicted octanol–water partition coefficient (Wildman–Crippen LogP) is 2.45. The van der Waals surface area contributed by atoms with Crippen LogP contribution >= 0.6 is 0 Å². The zero-order valence-corrected chi connectivity index (χ0v) is 7.44. The minimum atomic E-state index is 0.933. The van der Waals surface area contributed by atoms with E-state index < -0.39 is 0 Å². The number of nitrogen functional groups attached to an aromatic ring is 1. The first-order valence-electron chi connectivity index (χ1n) is 4.00. The Morgan fingerprint density at radius 2 is 1.64 bits per heavy atom. The van der Waals surface area contributed by atoms with E-state index in [2.05, 4.69) is 32.9 Å². The summed E-state index contributed by atoms with van der Waals surface area (Å²) in [5.41, 5.74) is 10.5. The lowest BCUT2D eigenvalue weighted by molar-refractivity contribution is 1.12. The van der Waals surface area contributed by atoms with Gasteiger partial charge in [-0.1, -0.05) is 19.1 Å². The van der Waals surface area contributed by atoms with Crippen LogP contribution in [0.15, 0.2) is 12.1 Å². The molecule has 0 spiro atoms. The van der Waals surface area contributed by atoms with Crippen molar-refractivity contribution < 1.29 is 0 Å². The van der Waals surface area contributed by atoms with Gasteiger partial charge in [-0.15, -0.1) is 0 Å². The molecule has 0 saturated heterocycles. The first-order valence-corrected chi connectivity index (χ1v) is 4.00. The molecule has 1 aromatic rings. The summed E-state index contributed by atoms with van der Waals surface area (Å²) in [5, 5.41) is 0. The molecule has 11 heavy (non-hydrogen) atoms. The molecule has 2 N–H and O–H groups in total. The molecule has 0 aliphatic carbocycles. The molecule has 0 aromatic heterocycles. The van der Waals surface area contributed by atoms with Crippen LogP contribution in [0.5, 0.6) is 0 Å². The number of benzene rings is 1. The second kappa shape index (κ2) is 2.95. The number of aryl methyl sites for hydroxylation is 3. The van der Waals surface area contributed by atoms with Gasteiger partial charge in [0.05, 0.1) is 0 Å². The van der Waals surface area contributed by atoms with E-state index in [9.17, 15) is 0 Å². The molecule has 60 valence electrons. The highest BCUT2D eigenvalue weighted by Gasteiger charge is 1.98. The fraction of sp³-hybridized carbons (Fsp3) is 0.400. The summed E-state index contributed by atoms with van der Waals surface area (Å²) >= 11 is 0. The average Bonchev–Trinajstić information content (AvgIpc) is 1.99. The Balaban J connectivity index is 3.21. The number of hydrogen-bond donors (Lipinski definition) is 1. The molecule has 0 bridgehead atoms. The van der Waals surface area contributed by atoms with Gasteiger partial charge in [0.1, 0.15) is 0 Å². The Morgan fingerprint density at radius 1 is 1.18 bits per heavy atom. The van der Waals surface area contributed by atoms with Crippen LogP contribution in [0, 0.1) is 13.8 Å². The SMILES string of the molecule is CCc1cc(C)c(N)c(C)c1. The summed E-state index contributed by atoms with van der Waals surface area (Å²) in [7, 11) is 0. The highest BCUT2D eigenvalue weighted by molar-refractivity contribution is 5.54. The maximum absolute atomic E-state index is 5.81. The Bertz CT molecular complexity index is 241. The van der Waals surface area contributed by atoms with E-state index in [0.717, 1.165) is 12.1 Å². The molecule has 0 atom stereocenters. The maximum Gasteiger partial charge on any atom is 0.0373 e. The number of rotatable bonds is 1. The number of hydrogen-bond acceptors (Lipinski definition) is 1. The first-order chi connectivity index (χ1) is 5.15. The summed E-state index contributed by atoms with van der Waals surface area (Å²) in [6.07, 6.45) is 1.09. The van der Waals surface area contributed by atoms with Gasteiger partial charge in [0, 0.05) is 5.69 Å². The highest BCUT2D eigenvalue weighted by Crippen LogP contribution is 2.18. The summed E-state index contributed by atoms with van der Waals surface area (Å²) in [4.78, 5) is 0. The Kier molecular flexibility index (Phi) is 2.18. The van der Waals surface area contributed by atoms with Gasteiger partial charge in [-0.25, -0.2) is 0 Å². The quantitative estimate of drug-likeness (QED) is 0.610. The van der Waals surface area contributed by atoms with Gasteiger partial charge >= 0.3 is 0 Å². The molecular formula is C10H15N. The van der Waals surface area contributed by atoms with Crippen molar-refractivity contribution in [2.75, 3.05) is 5.73 Å². The van der Waals surface area contributed by atoms with Crippen molar-refractivity contribution in [2.45, 2.75) is 27.2 Å². The largest absolute Gasteiger partial charge is 0.398 e. The third-order valence-corrected chi connectivity index (χ3v) is 2.06. The molecule has 0 heterocycles. The fourth-order valence-electron chi connectivity index (χ4n) is 1.27. The maximum atomic E-state index is 5.81. The van der Waals surface area contributed by atoms with Crippen LogP contribution < -0.4 is 5.73 Å². The van der Waals surface area contributed by atoms with Gasteiger partial charge in [0.25, 0.3) is 0 Å². The molecule has 0 unspecified atom stereocenters. The molecule has 1 aromatic carbocycles. The standard InChI is InChI=1S/C10H15N/c1-4-9-5-7(2)10(11)8(3)6-9/h5-6H,4,11H2,1-3H3. The van der Waals surface area contributed by atoms with Gasteiger partial charge in [-0.05, 0) is 37.0 Å². The van der Waals surface area contributed by atoms with Gasteiger partial charge in [0.2, 0.25) is 0 Å². The normalized spacial score (nSPS) is 10.1. The molecule has 0 saturated carbocycles. The van der Waals surface area contributed by atoms with E-state index in [4.69, 9.17) is 5.73 Å². The molecular weight excluding hydrogens is 134 g/mol. The van der Waals surface area contributed by atoms with Crippen molar-refractivity contribution in [1.29, 1.82) is 0 Å². The molecule has 0 radical (unpaired) electrons. The zero-order valence-electron chi connectivity index (χ0n) is 7.44. The van der Waals surface area contributed by atoms with E-state index in [1.165, 1.54) is 16.7 Å². The van der Waals surface area contributed by atoms with Crippen LogP contribution in [0.25, 0.3) is 0 Å². The van der Waals surface area contributed by atoms with Crippen LogP contribution in [-0.4, -0.2) is 0 Å². The summed E-state index contributed by atoms with van der Waals surface area (Å²) < 4.78 is 0. The summed E-state index contributed by atoms with van der Waals surface area (Å²) in [6.45, 7) is 6.27. The highest BCUT2D eigenvalue weighted by atomic mass is 14.6. The lowest BCUT2D eigenvalue weighted by Gasteiger charge is -2.06. The van der Waals surface area contributed by atoms with Crippen molar-refractivity contribution in [2.24, 2.45) is 0 Å². The third-order valence-electron chi connectivity index (χ3n) is 2.06. The molecule has 1 nitrogen and oxygen atoms in total. The van der Waals surface area contributed by atoms with Gasteiger partial charge in [-0.3, -0.25) is 0 Å².